The van der Waals surface area contributed by atoms with Gasteiger partial charge in [0.05, 0.1) is 11.8 Å². The summed E-state index contributed by atoms with van der Waals surface area (Å²) < 4.78 is 13.1. The zero-order chi connectivity index (χ0) is 21.8. The first-order valence-electron chi connectivity index (χ1n) is 11.2. The molecule has 4 aliphatic rings. The highest BCUT2D eigenvalue weighted by molar-refractivity contribution is 6.08. The molecule has 2 aromatic rings. The number of halogens is 1. The first-order valence-corrected chi connectivity index (χ1v) is 11.2. The second kappa shape index (κ2) is 7.52. The Balaban J connectivity index is 1.35. The number of pyridine rings is 1. The lowest BCUT2D eigenvalue weighted by Crippen LogP contribution is -2.61. The number of carbonyl (C=O) groups is 2. The van der Waals surface area contributed by atoms with Crippen molar-refractivity contribution in [3.8, 4) is 0 Å². The number of nitrogens with one attached hydrogen (secondary N) is 1. The molecule has 4 fully saturated rings. The van der Waals surface area contributed by atoms with Crippen LogP contribution in [-0.4, -0.2) is 33.4 Å². The molecular weight excluding hydrogens is 395 g/mol. The summed E-state index contributed by atoms with van der Waals surface area (Å²) in [6, 6.07) is 7.77. The van der Waals surface area contributed by atoms with Crippen molar-refractivity contribution in [2.24, 2.45) is 17.8 Å². The van der Waals surface area contributed by atoms with Crippen molar-refractivity contribution >= 4 is 11.7 Å². The lowest BCUT2D eigenvalue weighted by atomic mass is 9.52. The number of rotatable bonds is 5. The van der Waals surface area contributed by atoms with Crippen molar-refractivity contribution in [1.82, 2.24) is 10.3 Å². The van der Waals surface area contributed by atoms with Crippen LogP contribution in [0.2, 0.25) is 0 Å². The molecule has 1 heterocycles. The Bertz CT molecular complexity index is 1020. The van der Waals surface area contributed by atoms with Gasteiger partial charge >= 0.3 is 0 Å². The molecule has 0 spiro atoms. The normalized spacial score (nSPS) is 30.9. The highest BCUT2D eigenvalue weighted by Gasteiger charge is 2.55. The van der Waals surface area contributed by atoms with E-state index in [1.165, 1.54) is 12.1 Å². The lowest BCUT2D eigenvalue weighted by molar-refractivity contribution is -0.136. The van der Waals surface area contributed by atoms with Gasteiger partial charge in [0, 0.05) is 17.2 Å². The van der Waals surface area contributed by atoms with Gasteiger partial charge in [-0.15, -0.1) is 0 Å². The fourth-order valence-corrected chi connectivity index (χ4v) is 6.35. The second-order valence-electron chi connectivity index (χ2n) is 9.61. The van der Waals surface area contributed by atoms with Crippen LogP contribution in [0.5, 0.6) is 0 Å². The summed E-state index contributed by atoms with van der Waals surface area (Å²) in [5.41, 5.74) is 1.46. The molecule has 1 amide bonds. The minimum Gasteiger partial charge on any atom is -0.390 e. The molecule has 4 bridgehead atoms. The average molecular weight is 423 g/mol. The van der Waals surface area contributed by atoms with E-state index in [1.54, 1.807) is 18.2 Å². The quantitative estimate of drug-likeness (QED) is 0.721. The van der Waals surface area contributed by atoms with Crippen LogP contribution in [0.4, 0.5) is 4.39 Å². The number of hydrogen-bond acceptors (Lipinski definition) is 4. The van der Waals surface area contributed by atoms with Gasteiger partial charge in [-0.3, -0.25) is 9.59 Å². The summed E-state index contributed by atoms with van der Waals surface area (Å²) >= 11 is 0. The number of hydrogen-bond donors (Lipinski definition) is 2. The maximum Gasteiger partial charge on any atom is 0.251 e. The number of nitrogens with zero attached hydrogens (tertiary/aromatic N) is 1. The van der Waals surface area contributed by atoms with Crippen LogP contribution < -0.4 is 5.32 Å². The average Bonchev–Trinajstić information content (AvgIpc) is 2.74. The van der Waals surface area contributed by atoms with Crippen molar-refractivity contribution in [2.45, 2.75) is 57.1 Å². The van der Waals surface area contributed by atoms with E-state index in [9.17, 15) is 19.1 Å². The van der Waals surface area contributed by atoms with Gasteiger partial charge in [-0.25, -0.2) is 9.37 Å². The van der Waals surface area contributed by atoms with Crippen LogP contribution in [0.25, 0.3) is 0 Å². The molecule has 0 aliphatic heterocycles. The maximum atomic E-state index is 13.2. The summed E-state index contributed by atoms with van der Waals surface area (Å²) in [4.78, 5) is 29.8. The Hall–Kier alpha value is -2.60. The number of ketones is 1. The standard InChI is InChI=1S/C25H27FN2O3/c1-2-15-9-16(23(29)21-6-4-19(26)13-27-21)3-5-20(15)24(30)28-22-17-7-14-8-18(22)12-25(31,10-14)11-17/h3-6,9,13-14,17-18,22,31H,2,7-8,10-12H2,1H3,(H,28,30). The van der Waals surface area contributed by atoms with Gasteiger partial charge in [0.1, 0.15) is 11.5 Å². The molecule has 2 unspecified atom stereocenters. The minimum atomic E-state index is -0.525. The smallest absolute Gasteiger partial charge is 0.251 e. The number of benzene rings is 1. The Morgan fingerprint density at radius 1 is 1.16 bits per heavy atom. The third kappa shape index (κ3) is 3.67. The van der Waals surface area contributed by atoms with E-state index in [2.05, 4.69) is 10.3 Å². The van der Waals surface area contributed by atoms with E-state index in [-0.39, 0.29) is 23.4 Å². The van der Waals surface area contributed by atoms with Crippen molar-refractivity contribution in [2.75, 3.05) is 0 Å². The van der Waals surface area contributed by atoms with Gasteiger partial charge in [0.25, 0.3) is 5.91 Å². The lowest BCUT2D eigenvalue weighted by Gasteiger charge is -2.58. The largest absolute Gasteiger partial charge is 0.390 e. The second-order valence-corrected chi connectivity index (χ2v) is 9.61. The van der Waals surface area contributed by atoms with E-state index in [4.69, 9.17) is 0 Å². The van der Waals surface area contributed by atoms with Crippen LogP contribution in [-0.2, 0) is 6.42 Å². The number of aryl methyl sites for hydroxylation is 1. The van der Waals surface area contributed by atoms with Crippen molar-refractivity contribution in [3.05, 3.63) is 64.7 Å². The molecular formula is C25H27FN2O3. The van der Waals surface area contributed by atoms with E-state index >= 15 is 0 Å². The molecule has 6 heteroatoms. The summed E-state index contributed by atoms with van der Waals surface area (Å²) in [7, 11) is 0. The molecule has 4 saturated carbocycles. The fourth-order valence-electron chi connectivity index (χ4n) is 6.35. The minimum absolute atomic E-state index is 0.110. The van der Waals surface area contributed by atoms with Gasteiger partial charge < -0.3 is 10.4 Å². The molecule has 1 aromatic heterocycles. The predicted molar refractivity (Wildman–Crippen MR) is 113 cm³/mol. The van der Waals surface area contributed by atoms with Gasteiger partial charge in [0.2, 0.25) is 5.78 Å². The number of amides is 1. The van der Waals surface area contributed by atoms with Crippen molar-refractivity contribution in [3.63, 3.8) is 0 Å². The summed E-state index contributed by atoms with van der Waals surface area (Å²) in [5.74, 6) is 0.379. The highest BCUT2D eigenvalue weighted by atomic mass is 19.1. The Morgan fingerprint density at radius 3 is 2.52 bits per heavy atom. The fraction of sp³-hybridized carbons (Fsp3) is 0.480. The first-order chi connectivity index (χ1) is 14.8. The molecule has 0 saturated heterocycles. The van der Waals surface area contributed by atoms with Gasteiger partial charge in [-0.1, -0.05) is 13.0 Å². The number of carbonyl (C=O) groups excluding carboxylic acids is 2. The molecule has 5 nitrogen and oxygen atoms in total. The van der Waals surface area contributed by atoms with Crippen molar-refractivity contribution < 1.29 is 19.1 Å². The summed E-state index contributed by atoms with van der Waals surface area (Å²) in [6.07, 6.45) is 6.29. The van der Waals surface area contributed by atoms with E-state index < -0.39 is 11.4 Å². The van der Waals surface area contributed by atoms with E-state index in [0.717, 1.165) is 43.9 Å². The Kier molecular flexibility index (Phi) is 4.93. The molecule has 162 valence electrons. The highest BCUT2D eigenvalue weighted by Crippen LogP contribution is 2.55. The SMILES string of the molecule is CCc1cc(C(=O)c2ccc(F)cn2)ccc1C(=O)NC1C2CC3CC1CC(O)(C3)C2. The Labute approximate surface area is 181 Å². The van der Waals surface area contributed by atoms with Crippen LogP contribution in [0.15, 0.2) is 36.5 Å². The topological polar surface area (TPSA) is 79.3 Å². The first kappa shape index (κ1) is 20.3. The van der Waals surface area contributed by atoms with Crippen LogP contribution >= 0.6 is 0 Å². The van der Waals surface area contributed by atoms with Gasteiger partial charge in [-0.2, -0.15) is 0 Å². The van der Waals surface area contributed by atoms with Crippen LogP contribution in [0.1, 0.15) is 71.0 Å². The third-order valence-electron chi connectivity index (χ3n) is 7.49. The molecule has 2 N–H and O–H groups in total. The van der Waals surface area contributed by atoms with Crippen LogP contribution in [0, 0.1) is 23.6 Å². The van der Waals surface area contributed by atoms with Crippen molar-refractivity contribution in [1.29, 1.82) is 0 Å². The van der Waals surface area contributed by atoms with E-state index in [1.807, 2.05) is 6.92 Å². The maximum absolute atomic E-state index is 13.2. The molecule has 6 rings (SSSR count). The molecule has 2 atom stereocenters. The van der Waals surface area contributed by atoms with Gasteiger partial charge in [0.15, 0.2) is 0 Å². The molecule has 31 heavy (non-hydrogen) atoms. The number of aromatic nitrogens is 1. The Morgan fingerprint density at radius 2 is 1.90 bits per heavy atom. The summed E-state index contributed by atoms with van der Waals surface area (Å²) in [5, 5.41) is 14.0. The summed E-state index contributed by atoms with van der Waals surface area (Å²) in [6.45, 7) is 1.95. The monoisotopic (exact) mass is 422 g/mol. The molecule has 0 radical (unpaired) electrons. The van der Waals surface area contributed by atoms with Gasteiger partial charge in [-0.05, 0) is 86.1 Å². The van der Waals surface area contributed by atoms with E-state index in [0.29, 0.717) is 35.3 Å². The molecule has 1 aromatic carbocycles. The third-order valence-corrected chi connectivity index (χ3v) is 7.49. The zero-order valence-corrected chi connectivity index (χ0v) is 17.6. The number of aliphatic hydroxyl groups is 1. The molecule has 4 aliphatic carbocycles. The zero-order valence-electron chi connectivity index (χ0n) is 17.6. The van der Waals surface area contributed by atoms with Crippen LogP contribution in [0.3, 0.4) is 0 Å². The predicted octanol–water partition coefficient (Wildman–Crippen LogP) is 3.68.